The summed E-state index contributed by atoms with van der Waals surface area (Å²) in [6, 6.07) is 15.8. The Morgan fingerprint density at radius 3 is 2.33 bits per heavy atom. The normalized spacial score (nSPS) is 33.8. The molecule has 2 aromatic carbocycles. The lowest BCUT2D eigenvalue weighted by Gasteiger charge is -2.43. The fraction of sp³-hybridized carbons (Fsp3) is 0.320. The van der Waals surface area contributed by atoms with Crippen LogP contribution in [0.1, 0.15) is 22.8 Å². The van der Waals surface area contributed by atoms with Crippen molar-refractivity contribution in [2.75, 3.05) is 4.90 Å². The SMILES string of the molecule is O=C1[C@@H]2[C@H]3C[C@@H]([C@H]4Sc5[nH]c(=O)sc5[C@H](c5ccccc5)[C@@H]34)[C@H]2C(=O)N1c1ccc(F)cc1. The number of carbonyl (C=O) groups excluding carboxylic acids is 2. The maximum absolute atomic E-state index is 13.6. The molecule has 7 atom stereocenters. The van der Waals surface area contributed by atoms with E-state index in [4.69, 9.17) is 0 Å². The van der Waals surface area contributed by atoms with E-state index in [1.807, 2.05) is 18.2 Å². The first-order valence-electron chi connectivity index (χ1n) is 11.1. The number of hydrogen-bond donors (Lipinski definition) is 1. The molecule has 166 valence electrons. The van der Waals surface area contributed by atoms with Gasteiger partial charge in [-0.1, -0.05) is 41.7 Å². The van der Waals surface area contributed by atoms with Crippen molar-refractivity contribution >= 4 is 40.6 Å². The number of aromatic amines is 1. The number of thiazole rings is 1. The molecule has 33 heavy (non-hydrogen) atoms. The van der Waals surface area contributed by atoms with Gasteiger partial charge < -0.3 is 4.98 Å². The quantitative estimate of drug-likeness (QED) is 0.559. The van der Waals surface area contributed by atoms with Gasteiger partial charge in [0.15, 0.2) is 0 Å². The van der Waals surface area contributed by atoms with E-state index >= 15 is 0 Å². The summed E-state index contributed by atoms with van der Waals surface area (Å²) >= 11 is 2.95. The Morgan fingerprint density at radius 1 is 0.909 bits per heavy atom. The highest BCUT2D eigenvalue weighted by atomic mass is 32.2. The molecule has 1 saturated heterocycles. The molecule has 5 nitrogen and oxygen atoms in total. The van der Waals surface area contributed by atoms with Crippen LogP contribution in [0.15, 0.2) is 64.4 Å². The predicted molar refractivity (Wildman–Crippen MR) is 124 cm³/mol. The highest BCUT2D eigenvalue weighted by molar-refractivity contribution is 8.00. The maximum atomic E-state index is 13.6. The van der Waals surface area contributed by atoms with E-state index < -0.39 is 5.82 Å². The van der Waals surface area contributed by atoms with Gasteiger partial charge in [0.05, 0.1) is 22.5 Å². The van der Waals surface area contributed by atoms with Gasteiger partial charge >= 0.3 is 4.87 Å². The van der Waals surface area contributed by atoms with Crippen LogP contribution in [0.25, 0.3) is 0 Å². The van der Waals surface area contributed by atoms with Crippen LogP contribution in [0.3, 0.4) is 0 Å². The van der Waals surface area contributed by atoms with E-state index in [0.717, 1.165) is 21.9 Å². The zero-order valence-corrected chi connectivity index (χ0v) is 18.9. The number of rotatable bonds is 2. The molecule has 2 saturated carbocycles. The molecule has 3 heterocycles. The number of anilines is 1. The van der Waals surface area contributed by atoms with Gasteiger partial charge in [-0.2, -0.15) is 0 Å². The summed E-state index contributed by atoms with van der Waals surface area (Å²) in [7, 11) is 0. The van der Waals surface area contributed by atoms with Gasteiger partial charge in [0, 0.05) is 16.0 Å². The van der Waals surface area contributed by atoms with Crippen LogP contribution < -0.4 is 9.77 Å². The Bertz CT molecular complexity index is 1350. The molecule has 0 unspecified atom stereocenters. The number of amides is 2. The summed E-state index contributed by atoms with van der Waals surface area (Å²) in [5.41, 5.74) is 1.60. The number of halogens is 1. The second-order valence-electron chi connectivity index (χ2n) is 9.36. The van der Waals surface area contributed by atoms with E-state index in [0.29, 0.717) is 5.69 Å². The molecule has 1 N–H and O–H groups in total. The van der Waals surface area contributed by atoms with Gasteiger partial charge in [0.25, 0.3) is 0 Å². The molecule has 8 heteroatoms. The molecule has 3 aromatic rings. The monoisotopic (exact) mass is 478 g/mol. The largest absolute Gasteiger partial charge is 0.307 e. The lowest BCUT2D eigenvalue weighted by molar-refractivity contribution is -0.123. The number of aromatic nitrogens is 1. The van der Waals surface area contributed by atoms with Crippen molar-refractivity contribution in [3.8, 4) is 0 Å². The summed E-state index contributed by atoms with van der Waals surface area (Å²) in [5, 5.41) is 1.08. The lowest BCUT2D eigenvalue weighted by atomic mass is 9.68. The number of thioether (sulfide) groups is 1. The van der Waals surface area contributed by atoms with Gasteiger partial charge in [0.1, 0.15) is 5.82 Å². The van der Waals surface area contributed by atoms with Crippen molar-refractivity contribution < 1.29 is 14.0 Å². The minimum atomic E-state index is -0.397. The molecule has 2 aliphatic heterocycles. The van der Waals surface area contributed by atoms with Gasteiger partial charge in [-0.15, -0.1) is 11.8 Å². The van der Waals surface area contributed by atoms with Crippen molar-refractivity contribution in [1.29, 1.82) is 0 Å². The van der Waals surface area contributed by atoms with E-state index in [-0.39, 0.29) is 57.4 Å². The van der Waals surface area contributed by atoms with Gasteiger partial charge in [-0.05, 0) is 54.0 Å². The fourth-order valence-corrected chi connectivity index (χ4v) is 9.78. The highest BCUT2D eigenvalue weighted by Crippen LogP contribution is 2.68. The third-order valence-corrected chi connectivity index (χ3v) is 10.6. The lowest BCUT2D eigenvalue weighted by Crippen LogP contribution is -2.42. The van der Waals surface area contributed by atoms with Gasteiger partial charge in [-0.3, -0.25) is 19.3 Å². The molecule has 4 aliphatic rings. The smallest absolute Gasteiger partial charge is 0.305 e. The molecule has 3 fully saturated rings. The van der Waals surface area contributed by atoms with Crippen molar-refractivity contribution in [2.24, 2.45) is 29.6 Å². The fourth-order valence-electron chi connectivity index (χ4n) is 6.90. The average molecular weight is 479 g/mol. The Balaban J connectivity index is 1.33. The van der Waals surface area contributed by atoms with E-state index in [1.54, 1.807) is 11.8 Å². The molecular formula is C25H19FN2O3S2. The van der Waals surface area contributed by atoms with Crippen molar-refractivity contribution in [2.45, 2.75) is 22.6 Å². The molecule has 0 radical (unpaired) electrons. The maximum Gasteiger partial charge on any atom is 0.305 e. The van der Waals surface area contributed by atoms with E-state index in [2.05, 4.69) is 17.1 Å². The predicted octanol–water partition coefficient (Wildman–Crippen LogP) is 4.25. The summed E-state index contributed by atoms with van der Waals surface area (Å²) < 4.78 is 13.5. The summed E-state index contributed by atoms with van der Waals surface area (Å²) in [4.78, 5) is 44.6. The number of carbonyl (C=O) groups is 2. The van der Waals surface area contributed by atoms with Crippen LogP contribution >= 0.6 is 23.1 Å². The van der Waals surface area contributed by atoms with Crippen LogP contribution in [-0.4, -0.2) is 22.0 Å². The Hall–Kier alpha value is -2.71. The number of H-pyrrole nitrogens is 1. The van der Waals surface area contributed by atoms with Crippen LogP contribution in [-0.2, 0) is 9.59 Å². The van der Waals surface area contributed by atoms with Crippen LogP contribution in [0.2, 0.25) is 0 Å². The van der Waals surface area contributed by atoms with Gasteiger partial charge in [-0.25, -0.2) is 4.39 Å². The van der Waals surface area contributed by atoms with Crippen molar-refractivity contribution in [1.82, 2.24) is 4.98 Å². The van der Waals surface area contributed by atoms with E-state index in [1.165, 1.54) is 40.5 Å². The molecule has 2 aliphatic carbocycles. The van der Waals surface area contributed by atoms with Crippen LogP contribution in [0, 0.1) is 35.4 Å². The number of nitrogens with zero attached hydrogens (tertiary/aromatic N) is 1. The minimum Gasteiger partial charge on any atom is -0.307 e. The molecular weight excluding hydrogens is 459 g/mol. The zero-order valence-electron chi connectivity index (χ0n) is 17.3. The van der Waals surface area contributed by atoms with Crippen LogP contribution in [0.4, 0.5) is 10.1 Å². The Kier molecular flexibility index (Phi) is 4.13. The molecule has 7 rings (SSSR count). The number of hydrogen-bond acceptors (Lipinski definition) is 5. The summed E-state index contributed by atoms with van der Waals surface area (Å²) in [5.74, 6) is -1.03. The zero-order chi connectivity index (χ0) is 22.4. The van der Waals surface area contributed by atoms with Gasteiger partial charge in [0.2, 0.25) is 11.8 Å². The van der Waals surface area contributed by atoms with Crippen molar-refractivity contribution in [3.05, 3.63) is 80.5 Å². The highest BCUT2D eigenvalue weighted by Gasteiger charge is 2.69. The molecule has 2 amide bonds. The number of fused-ring (bicyclic) bond motifs is 9. The molecule has 1 aromatic heterocycles. The number of benzene rings is 2. The third kappa shape index (κ3) is 2.62. The first kappa shape index (κ1) is 19.7. The average Bonchev–Trinajstić information content (AvgIpc) is 3.54. The second-order valence-corrected chi connectivity index (χ2v) is 11.6. The number of nitrogens with one attached hydrogen (secondary N) is 1. The Morgan fingerprint density at radius 2 is 1.61 bits per heavy atom. The third-order valence-electron chi connectivity index (χ3n) is 7.97. The Labute approximate surface area is 197 Å². The van der Waals surface area contributed by atoms with Crippen molar-refractivity contribution in [3.63, 3.8) is 0 Å². The summed E-state index contributed by atoms with van der Waals surface area (Å²) in [6.07, 6.45) is 0.856. The minimum absolute atomic E-state index is 0.0372. The second kappa shape index (κ2) is 6.90. The first-order valence-corrected chi connectivity index (χ1v) is 12.8. The van der Waals surface area contributed by atoms with Crippen LogP contribution in [0.5, 0.6) is 0 Å². The standard InChI is InChI=1S/C25H19FN2O3S2/c26-12-6-8-13(9-7-12)28-23(29)18-14-10-15(19(18)24(28)30)20-17(14)16(11-4-2-1-3-5-11)21-22(32-20)27-25(31)33-21/h1-9,14-20H,10H2,(H,27,31)/t14-,15+,16+,17+,18+,19+,20+/m0/s1. The summed E-state index contributed by atoms with van der Waals surface area (Å²) in [6.45, 7) is 0. The topological polar surface area (TPSA) is 70.2 Å². The number of imide groups is 1. The molecule has 0 spiro atoms. The van der Waals surface area contributed by atoms with E-state index in [9.17, 15) is 18.8 Å². The molecule has 2 bridgehead atoms. The first-order chi connectivity index (χ1) is 16.0.